The number of aliphatic hydroxyl groups is 2. The maximum atomic E-state index is 12.6. The van der Waals surface area contributed by atoms with Crippen LogP contribution in [0, 0.1) is 0 Å². The van der Waals surface area contributed by atoms with Crippen molar-refractivity contribution in [3.05, 3.63) is 24.3 Å². The molecule has 4 heteroatoms. The molecule has 0 aromatic heterocycles. The Morgan fingerprint density at radius 1 is 0.284 bits per heavy atom. The molecule has 0 aromatic rings. The summed E-state index contributed by atoms with van der Waals surface area (Å²) in [6.45, 7) is 4.36. The Balaban J connectivity index is 3.39. The fourth-order valence-electron chi connectivity index (χ4n) is 12.4. The summed E-state index contributed by atoms with van der Waals surface area (Å²) in [5.41, 5.74) is 0. The van der Waals surface area contributed by atoms with Crippen LogP contribution < -0.4 is 5.32 Å². The average molecular weight is 1140 g/mol. The summed E-state index contributed by atoms with van der Waals surface area (Å²) in [5, 5.41) is 23.3. The summed E-state index contributed by atoms with van der Waals surface area (Å²) >= 11 is 0. The zero-order chi connectivity index (χ0) is 58.4. The smallest absolute Gasteiger partial charge is 0.220 e. The van der Waals surface area contributed by atoms with Gasteiger partial charge in [-0.1, -0.05) is 430 Å². The van der Waals surface area contributed by atoms with Crippen LogP contribution in [-0.4, -0.2) is 34.9 Å². The van der Waals surface area contributed by atoms with Gasteiger partial charge in [-0.2, -0.15) is 0 Å². The average Bonchev–Trinajstić information content (AvgIpc) is 3.47. The number of aliphatic hydroxyl groups excluding tert-OH is 2. The van der Waals surface area contributed by atoms with Crippen LogP contribution in [-0.2, 0) is 4.79 Å². The molecule has 0 spiro atoms. The number of carbonyl (C=O) groups is 1. The molecule has 0 aliphatic heterocycles. The highest BCUT2D eigenvalue weighted by atomic mass is 16.3. The molecule has 0 rings (SSSR count). The van der Waals surface area contributed by atoms with Gasteiger partial charge in [0.05, 0.1) is 18.8 Å². The summed E-state index contributed by atoms with van der Waals surface area (Å²) in [4.78, 5) is 12.6. The van der Waals surface area contributed by atoms with E-state index < -0.39 is 12.1 Å². The predicted octanol–water partition coefficient (Wildman–Crippen LogP) is 26.1. The molecule has 0 radical (unpaired) electrons. The lowest BCUT2D eigenvalue weighted by Gasteiger charge is -2.19. The minimum atomic E-state index is -0.862. The number of carbonyl (C=O) groups excluding carboxylic acids is 1. The lowest BCUT2D eigenvalue weighted by atomic mass is 10.0. The lowest BCUT2D eigenvalue weighted by molar-refractivity contribution is -0.123. The third-order valence-corrected chi connectivity index (χ3v) is 18.2. The number of rotatable bonds is 72. The van der Waals surface area contributed by atoms with E-state index in [9.17, 15) is 15.0 Å². The summed E-state index contributed by atoms with van der Waals surface area (Å²) in [5.74, 6) is -0.0632. The van der Waals surface area contributed by atoms with E-state index >= 15 is 0 Å². The summed E-state index contributed by atoms with van der Waals surface area (Å²) in [6, 6.07) is -0.638. The standard InChI is InChI=1S/C77H151NO3/c1-3-5-7-9-11-13-15-17-19-21-23-25-27-29-31-33-35-36-37-38-39-40-41-42-43-45-47-49-51-53-55-57-59-61-63-65-67-69-71-73-77(81)78-75(74-79)76(80)72-70-68-66-64-62-60-58-56-54-52-50-48-46-44-34-32-30-28-26-24-22-20-18-16-14-12-10-8-6-4-2/h62,64,70,72,75-76,79-80H,3-61,63,65-69,71,73-74H2,1-2H3,(H,78,81)/b64-62+,72-70+. The van der Waals surface area contributed by atoms with E-state index in [2.05, 4.69) is 31.3 Å². The molecule has 0 bridgehead atoms. The van der Waals surface area contributed by atoms with Crippen LogP contribution in [0.4, 0.5) is 0 Å². The maximum absolute atomic E-state index is 12.6. The summed E-state index contributed by atoms with van der Waals surface area (Å²) in [7, 11) is 0. The van der Waals surface area contributed by atoms with Crippen molar-refractivity contribution in [2.75, 3.05) is 6.61 Å². The van der Waals surface area contributed by atoms with Crippen molar-refractivity contribution in [1.82, 2.24) is 5.32 Å². The Morgan fingerprint density at radius 3 is 0.716 bits per heavy atom. The summed E-state index contributed by atoms with van der Waals surface area (Å²) < 4.78 is 0. The third-order valence-electron chi connectivity index (χ3n) is 18.2. The van der Waals surface area contributed by atoms with E-state index in [0.717, 1.165) is 32.1 Å². The lowest BCUT2D eigenvalue weighted by Crippen LogP contribution is -2.45. The minimum absolute atomic E-state index is 0.0632. The van der Waals surface area contributed by atoms with E-state index in [1.807, 2.05) is 6.08 Å². The first kappa shape index (κ1) is 79.9. The van der Waals surface area contributed by atoms with Crippen LogP contribution in [0.5, 0.6) is 0 Å². The first-order chi connectivity index (χ1) is 40.2. The van der Waals surface area contributed by atoms with Gasteiger partial charge in [-0.05, 0) is 32.1 Å². The molecule has 0 aromatic carbocycles. The van der Waals surface area contributed by atoms with Crippen molar-refractivity contribution in [2.24, 2.45) is 0 Å². The molecule has 0 saturated carbocycles. The second-order valence-corrected chi connectivity index (χ2v) is 26.4. The Labute approximate surface area is 510 Å². The maximum Gasteiger partial charge on any atom is 0.220 e. The highest BCUT2D eigenvalue weighted by molar-refractivity contribution is 5.76. The van der Waals surface area contributed by atoms with E-state index in [0.29, 0.717) is 6.42 Å². The van der Waals surface area contributed by atoms with Crippen LogP contribution in [0.25, 0.3) is 0 Å². The minimum Gasteiger partial charge on any atom is -0.394 e. The SMILES string of the molecule is CCCCCCCCCCCCCCCCCCCCCCCCCC/C=C/CC/C=C/C(O)C(CO)NC(=O)CCCCCCCCCCCCCCCCCCCCCCCCCCCCCCCCCCCCCCCCC. The van der Waals surface area contributed by atoms with Gasteiger partial charge in [0, 0.05) is 6.42 Å². The highest BCUT2D eigenvalue weighted by Gasteiger charge is 2.18. The monoisotopic (exact) mass is 1140 g/mol. The molecule has 0 aliphatic rings. The van der Waals surface area contributed by atoms with E-state index in [4.69, 9.17) is 0 Å². The Bertz CT molecular complexity index is 1200. The molecule has 81 heavy (non-hydrogen) atoms. The molecule has 4 nitrogen and oxygen atoms in total. The number of unbranched alkanes of at least 4 members (excludes halogenated alkanes) is 63. The summed E-state index contributed by atoms with van der Waals surface area (Å²) in [6.07, 6.45) is 100. The molecule has 0 saturated heterocycles. The van der Waals surface area contributed by atoms with Crippen LogP contribution in [0.3, 0.4) is 0 Å². The van der Waals surface area contributed by atoms with Gasteiger partial charge in [0.1, 0.15) is 0 Å². The van der Waals surface area contributed by atoms with Gasteiger partial charge < -0.3 is 15.5 Å². The van der Waals surface area contributed by atoms with Gasteiger partial charge in [-0.3, -0.25) is 4.79 Å². The Morgan fingerprint density at radius 2 is 0.481 bits per heavy atom. The predicted molar refractivity (Wildman–Crippen MR) is 364 cm³/mol. The van der Waals surface area contributed by atoms with Gasteiger partial charge in [0.2, 0.25) is 5.91 Å². The number of amides is 1. The molecule has 3 N–H and O–H groups in total. The zero-order valence-electron chi connectivity index (χ0n) is 55.9. The molecule has 482 valence electrons. The quantitative estimate of drug-likeness (QED) is 0.0420. The van der Waals surface area contributed by atoms with Crippen molar-refractivity contribution in [3.8, 4) is 0 Å². The van der Waals surface area contributed by atoms with Crippen LogP contribution in [0.1, 0.15) is 444 Å². The highest BCUT2D eigenvalue weighted by Crippen LogP contribution is 2.20. The Kier molecular flexibility index (Phi) is 72.1. The zero-order valence-corrected chi connectivity index (χ0v) is 55.9. The number of hydrogen-bond donors (Lipinski definition) is 3. The molecule has 0 heterocycles. The molecule has 0 fully saturated rings. The van der Waals surface area contributed by atoms with Crippen LogP contribution in [0.15, 0.2) is 24.3 Å². The molecular weight excluding hydrogens is 987 g/mol. The van der Waals surface area contributed by atoms with Gasteiger partial charge in [-0.25, -0.2) is 0 Å². The van der Waals surface area contributed by atoms with Gasteiger partial charge in [-0.15, -0.1) is 0 Å². The number of nitrogens with one attached hydrogen (secondary N) is 1. The molecule has 2 unspecified atom stereocenters. The largest absolute Gasteiger partial charge is 0.394 e. The van der Waals surface area contributed by atoms with E-state index in [1.165, 1.54) is 392 Å². The Hall–Kier alpha value is -1.13. The normalized spacial score (nSPS) is 12.7. The second-order valence-electron chi connectivity index (χ2n) is 26.4. The van der Waals surface area contributed by atoms with Crippen molar-refractivity contribution < 1.29 is 15.0 Å². The van der Waals surface area contributed by atoms with Gasteiger partial charge >= 0.3 is 0 Å². The second kappa shape index (κ2) is 73.1. The molecule has 1 amide bonds. The number of allylic oxidation sites excluding steroid dienone is 3. The molecular formula is C77H151NO3. The van der Waals surface area contributed by atoms with Crippen molar-refractivity contribution in [3.63, 3.8) is 0 Å². The van der Waals surface area contributed by atoms with E-state index in [1.54, 1.807) is 6.08 Å². The van der Waals surface area contributed by atoms with Crippen LogP contribution in [0.2, 0.25) is 0 Å². The van der Waals surface area contributed by atoms with Crippen LogP contribution >= 0.6 is 0 Å². The van der Waals surface area contributed by atoms with Gasteiger partial charge in [0.25, 0.3) is 0 Å². The fourth-order valence-corrected chi connectivity index (χ4v) is 12.4. The van der Waals surface area contributed by atoms with E-state index in [-0.39, 0.29) is 12.5 Å². The number of hydrogen-bond acceptors (Lipinski definition) is 3. The third kappa shape index (κ3) is 69.5. The first-order valence-corrected chi connectivity index (χ1v) is 38.1. The molecule has 0 aliphatic carbocycles. The van der Waals surface area contributed by atoms with Crippen molar-refractivity contribution in [2.45, 2.75) is 456 Å². The van der Waals surface area contributed by atoms with Crippen molar-refractivity contribution in [1.29, 1.82) is 0 Å². The fraction of sp³-hybridized carbons (Fsp3) is 0.935. The molecule has 2 atom stereocenters. The first-order valence-electron chi connectivity index (χ1n) is 38.1. The van der Waals surface area contributed by atoms with Gasteiger partial charge in [0.15, 0.2) is 0 Å². The topological polar surface area (TPSA) is 69.6 Å². The van der Waals surface area contributed by atoms with Crippen molar-refractivity contribution >= 4 is 5.91 Å².